The van der Waals surface area contributed by atoms with Crippen LogP contribution in [0.5, 0.6) is 0 Å². The SMILES string of the molecule is O=C(CCCc1cccs1)N[C@H](CO)C(=O)O. The number of thiophene rings is 1. The van der Waals surface area contributed by atoms with Crippen LogP contribution in [0.4, 0.5) is 0 Å². The number of aliphatic hydroxyl groups is 1. The number of carbonyl (C=O) groups is 2. The monoisotopic (exact) mass is 257 g/mol. The summed E-state index contributed by atoms with van der Waals surface area (Å²) in [7, 11) is 0. The molecule has 0 bridgehead atoms. The zero-order valence-electron chi connectivity index (χ0n) is 9.26. The van der Waals surface area contributed by atoms with E-state index in [1.165, 1.54) is 4.88 Å². The van der Waals surface area contributed by atoms with Crippen molar-refractivity contribution in [2.45, 2.75) is 25.3 Å². The van der Waals surface area contributed by atoms with E-state index in [9.17, 15) is 9.59 Å². The molecule has 0 fully saturated rings. The highest BCUT2D eigenvalue weighted by Crippen LogP contribution is 2.11. The van der Waals surface area contributed by atoms with Gasteiger partial charge in [-0.3, -0.25) is 4.79 Å². The highest BCUT2D eigenvalue weighted by molar-refractivity contribution is 7.09. The van der Waals surface area contributed by atoms with Gasteiger partial charge in [0.15, 0.2) is 0 Å². The molecule has 1 aromatic rings. The molecule has 1 heterocycles. The Morgan fingerprint density at radius 1 is 1.47 bits per heavy atom. The smallest absolute Gasteiger partial charge is 0.328 e. The molecule has 0 aliphatic rings. The lowest BCUT2D eigenvalue weighted by Crippen LogP contribution is -2.43. The quantitative estimate of drug-likeness (QED) is 0.668. The maximum Gasteiger partial charge on any atom is 0.328 e. The topological polar surface area (TPSA) is 86.6 Å². The molecule has 0 saturated heterocycles. The average Bonchev–Trinajstić information content (AvgIpc) is 2.78. The van der Waals surface area contributed by atoms with Crippen LogP contribution in [0.3, 0.4) is 0 Å². The molecule has 1 aromatic heterocycles. The first-order valence-corrected chi connectivity index (χ1v) is 6.17. The van der Waals surface area contributed by atoms with Gasteiger partial charge in [-0.1, -0.05) is 6.07 Å². The minimum atomic E-state index is -1.22. The van der Waals surface area contributed by atoms with Crippen molar-refractivity contribution < 1.29 is 19.8 Å². The number of aliphatic hydroxyl groups excluding tert-OH is 1. The number of hydrogen-bond donors (Lipinski definition) is 3. The van der Waals surface area contributed by atoms with Crippen LogP contribution in [0.15, 0.2) is 17.5 Å². The van der Waals surface area contributed by atoms with Crippen LogP contribution in [0.25, 0.3) is 0 Å². The number of nitrogens with one attached hydrogen (secondary N) is 1. The highest BCUT2D eigenvalue weighted by Gasteiger charge is 2.18. The number of carboxylic acids is 1. The third-order valence-corrected chi connectivity index (χ3v) is 3.16. The lowest BCUT2D eigenvalue weighted by molar-refractivity contribution is -0.142. The Balaban J connectivity index is 2.23. The van der Waals surface area contributed by atoms with Crippen LogP contribution < -0.4 is 5.32 Å². The van der Waals surface area contributed by atoms with E-state index in [0.29, 0.717) is 6.42 Å². The van der Waals surface area contributed by atoms with Crippen molar-refractivity contribution in [2.75, 3.05) is 6.61 Å². The van der Waals surface area contributed by atoms with Crippen molar-refractivity contribution in [1.82, 2.24) is 5.32 Å². The molecule has 17 heavy (non-hydrogen) atoms. The number of amides is 1. The summed E-state index contributed by atoms with van der Waals surface area (Å²) in [5, 5.41) is 21.6. The van der Waals surface area contributed by atoms with Crippen molar-refractivity contribution in [2.24, 2.45) is 0 Å². The van der Waals surface area contributed by atoms with Gasteiger partial charge in [0, 0.05) is 11.3 Å². The normalized spacial score (nSPS) is 12.1. The Bertz CT molecular complexity index is 364. The van der Waals surface area contributed by atoms with Crippen molar-refractivity contribution >= 4 is 23.2 Å². The molecule has 94 valence electrons. The average molecular weight is 257 g/mol. The predicted molar refractivity (Wildman–Crippen MR) is 63.9 cm³/mol. The van der Waals surface area contributed by atoms with Crippen molar-refractivity contribution in [3.63, 3.8) is 0 Å². The first-order chi connectivity index (χ1) is 8.13. The van der Waals surface area contributed by atoms with Gasteiger partial charge in [0.1, 0.15) is 6.04 Å². The summed E-state index contributed by atoms with van der Waals surface area (Å²) < 4.78 is 0. The molecule has 0 saturated carbocycles. The maximum absolute atomic E-state index is 11.4. The van der Waals surface area contributed by atoms with Crippen molar-refractivity contribution in [3.8, 4) is 0 Å². The standard InChI is InChI=1S/C11H15NO4S/c13-7-9(11(15)16)12-10(14)5-1-3-8-4-2-6-17-8/h2,4,6,9,13H,1,3,5,7H2,(H,12,14)(H,15,16)/t9-/m1/s1. The Labute approximate surface area is 103 Å². The first kappa shape index (κ1) is 13.7. The molecule has 0 spiro atoms. The number of hydrogen-bond acceptors (Lipinski definition) is 4. The fourth-order valence-corrected chi connectivity index (χ4v) is 2.08. The molecule has 1 atom stereocenters. The summed E-state index contributed by atoms with van der Waals surface area (Å²) in [4.78, 5) is 23.1. The lowest BCUT2D eigenvalue weighted by Gasteiger charge is -2.11. The van der Waals surface area contributed by atoms with Gasteiger partial charge in [0.05, 0.1) is 6.61 Å². The van der Waals surface area contributed by atoms with Gasteiger partial charge in [-0.05, 0) is 24.3 Å². The van der Waals surface area contributed by atoms with Crippen molar-refractivity contribution in [3.05, 3.63) is 22.4 Å². The zero-order valence-corrected chi connectivity index (χ0v) is 10.1. The molecule has 1 rings (SSSR count). The van der Waals surface area contributed by atoms with Gasteiger partial charge in [-0.15, -0.1) is 11.3 Å². The second-order valence-corrected chi connectivity index (χ2v) is 4.61. The second-order valence-electron chi connectivity index (χ2n) is 3.57. The van der Waals surface area contributed by atoms with Gasteiger partial charge >= 0.3 is 5.97 Å². The molecule has 0 aliphatic carbocycles. The van der Waals surface area contributed by atoms with Gasteiger partial charge < -0.3 is 15.5 Å². The van der Waals surface area contributed by atoms with Gasteiger partial charge in [-0.2, -0.15) is 0 Å². The third-order valence-electron chi connectivity index (χ3n) is 2.22. The largest absolute Gasteiger partial charge is 0.480 e. The van der Waals surface area contributed by atoms with E-state index in [0.717, 1.165) is 6.42 Å². The van der Waals surface area contributed by atoms with E-state index in [1.807, 2.05) is 17.5 Å². The van der Waals surface area contributed by atoms with E-state index >= 15 is 0 Å². The van der Waals surface area contributed by atoms with Crippen LogP contribution in [0.1, 0.15) is 17.7 Å². The van der Waals surface area contributed by atoms with E-state index in [1.54, 1.807) is 11.3 Å². The second kappa shape index (κ2) is 7.03. The summed E-state index contributed by atoms with van der Waals surface area (Å²) in [5.74, 6) is -1.57. The highest BCUT2D eigenvalue weighted by atomic mass is 32.1. The number of aryl methyl sites for hydroxylation is 1. The molecule has 3 N–H and O–H groups in total. The molecule has 0 aliphatic heterocycles. The minimum Gasteiger partial charge on any atom is -0.480 e. The molecule has 0 radical (unpaired) electrons. The van der Waals surface area contributed by atoms with Crippen LogP contribution >= 0.6 is 11.3 Å². The molecule has 0 aromatic carbocycles. The Morgan fingerprint density at radius 3 is 2.76 bits per heavy atom. The molecule has 5 nitrogen and oxygen atoms in total. The van der Waals surface area contributed by atoms with Gasteiger partial charge in [0.2, 0.25) is 5.91 Å². The van der Waals surface area contributed by atoms with E-state index in [-0.39, 0.29) is 12.3 Å². The van der Waals surface area contributed by atoms with Crippen LogP contribution in [0, 0.1) is 0 Å². The Kier molecular flexibility index (Phi) is 5.65. The number of aliphatic carboxylic acids is 1. The number of rotatable bonds is 7. The van der Waals surface area contributed by atoms with E-state index < -0.39 is 18.6 Å². The Hall–Kier alpha value is -1.40. The summed E-state index contributed by atoms with van der Waals surface area (Å²) >= 11 is 1.63. The first-order valence-electron chi connectivity index (χ1n) is 5.29. The Morgan fingerprint density at radius 2 is 2.24 bits per heavy atom. The van der Waals surface area contributed by atoms with E-state index in [2.05, 4.69) is 5.32 Å². The molecule has 6 heteroatoms. The summed E-state index contributed by atoms with van der Waals surface area (Å²) in [6.45, 7) is -0.591. The van der Waals surface area contributed by atoms with Crippen LogP contribution in [-0.2, 0) is 16.0 Å². The number of carboxylic acid groups (broad SMARTS) is 1. The third kappa shape index (κ3) is 4.97. The maximum atomic E-state index is 11.4. The van der Waals surface area contributed by atoms with Gasteiger partial charge in [-0.25, -0.2) is 4.79 Å². The molecule has 0 unspecified atom stereocenters. The van der Waals surface area contributed by atoms with Gasteiger partial charge in [0.25, 0.3) is 0 Å². The summed E-state index contributed by atoms with van der Waals surface area (Å²) in [6, 6.07) is 2.74. The molecular formula is C11H15NO4S. The van der Waals surface area contributed by atoms with Crippen LogP contribution in [-0.4, -0.2) is 34.7 Å². The fourth-order valence-electron chi connectivity index (χ4n) is 1.33. The lowest BCUT2D eigenvalue weighted by atomic mass is 10.2. The minimum absolute atomic E-state index is 0.266. The number of carbonyl (C=O) groups excluding carboxylic acids is 1. The molecular weight excluding hydrogens is 242 g/mol. The summed E-state index contributed by atoms with van der Waals surface area (Å²) in [5.41, 5.74) is 0. The van der Waals surface area contributed by atoms with Crippen molar-refractivity contribution in [1.29, 1.82) is 0 Å². The predicted octanol–water partition coefficient (Wildman–Crippen LogP) is 0.632. The van der Waals surface area contributed by atoms with E-state index in [4.69, 9.17) is 10.2 Å². The van der Waals surface area contributed by atoms with Crippen LogP contribution in [0.2, 0.25) is 0 Å². The zero-order chi connectivity index (χ0) is 12.7. The molecule has 1 amide bonds. The summed E-state index contributed by atoms with van der Waals surface area (Å²) in [6.07, 6.45) is 1.74. The fraction of sp³-hybridized carbons (Fsp3) is 0.455.